The summed E-state index contributed by atoms with van der Waals surface area (Å²) < 4.78 is 27.3. The molecule has 1 aromatic rings. The van der Waals surface area contributed by atoms with Crippen molar-refractivity contribution in [1.82, 2.24) is 9.21 Å². The second-order valence-corrected chi connectivity index (χ2v) is 8.36. The van der Waals surface area contributed by atoms with Gasteiger partial charge in [-0.3, -0.25) is 4.79 Å². The predicted molar refractivity (Wildman–Crippen MR) is 95.3 cm³/mol. The van der Waals surface area contributed by atoms with Crippen molar-refractivity contribution < 1.29 is 13.2 Å². The number of piperidine rings is 1. The van der Waals surface area contributed by atoms with Gasteiger partial charge in [-0.2, -0.15) is 4.31 Å². The molecule has 0 aromatic heterocycles. The van der Waals surface area contributed by atoms with Crippen molar-refractivity contribution >= 4 is 15.9 Å². The molecule has 1 fully saturated rings. The Morgan fingerprint density at radius 2 is 1.75 bits per heavy atom. The molecule has 0 atom stereocenters. The molecule has 2 rings (SSSR count). The van der Waals surface area contributed by atoms with E-state index in [0.717, 1.165) is 11.1 Å². The first kappa shape index (κ1) is 18.9. The molecule has 0 unspecified atom stereocenters. The van der Waals surface area contributed by atoms with Crippen LogP contribution in [-0.4, -0.2) is 49.7 Å². The molecule has 24 heavy (non-hydrogen) atoms. The van der Waals surface area contributed by atoms with E-state index >= 15 is 0 Å². The topological polar surface area (TPSA) is 57.7 Å². The van der Waals surface area contributed by atoms with Crippen LogP contribution in [0.5, 0.6) is 0 Å². The standard InChI is InChI=1S/C18H28N2O3S/c1-5-19(6-2)18(21)16-9-11-20(12-10-16)24(22,23)17-8-7-14(3)13-15(17)4/h7-8,13,16H,5-6,9-12H2,1-4H3. The van der Waals surface area contributed by atoms with Crippen molar-refractivity contribution in [3.8, 4) is 0 Å². The zero-order valence-corrected chi connectivity index (χ0v) is 15.9. The molecule has 0 N–H and O–H groups in total. The van der Waals surface area contributed by atoms with Crippen LogP contribution < -0.4 is 0 Å². The molecule has 0 aliphatic carbocycles. The monoisotopic (exact) mass is 352 g/mol. The fourth-order valence-corrected chi connectivity index (χ4v) is 5.04. The molecule has 1 aliphatic heterocycles. The Morgan fingerprint density at radius 1 is 1.17 bits per heavy atom. The lowest BCUT2D eigenvalue weighted by molar-refractivity contribution is -0.136. The van der Waals surface area contributed by atoms with Crippen molar-refractivity contribution in [2.45, 2.75) is 45.4 Å². The van der Waals surface area contributed by atoms with E-state index in [1.165, 1.54) is 4.31 Å². The summed E-state index contributed by atoms with van der Waals surface area (Å²) in [6.07, 6.45) is 1.19. The summed E-state index contributed by atoms with van der Waals surface area (Å²) in [7, 11) is -3.48. The zero-order chi connectivity index (χ0) is 17.9. The van der Waals surface area contributed by atoms with Gasteiger partial charge in [-0.1, -0.05) is 17.7 Å². The lowest BCUT2D eigenvalue weighted by Gasteiger charge is -2.33. The van der Waals surface area contributed by atoms with Crippen LogP contribution >= 0.6 is 0 Å². The first-order valence-corrected chi connectivity index (χ1v) is 10.1. The van der Waals surface area contributed by atoms with Gasteiger partial charge in [0.2, 0.25) is 15.9 Å². The molecule has 1 heterocycles. The average molecular weight is 353 g/mol. The number of sulfonamides is 1. The molecule has 1 aromatic carbocycles. The maximum absolute atomic E-state index is 12.9. The maximum Gasteiger partial charge on any atom is 0.243 e. The Kier molecular flexibility index (Phi) is 6.04. The van der Waals surface area contributed by atoms with Gasteiger partial charge in [-0.15, -0.1) is 0 Å². The molecule has 5 nitrogen and oxygen atoms in total. The largest absolute Gasteiger partial charge is 0.343 e. The Labute approximate surface area is 145 Å². The van der Waals surface area contributed by atoms with Crippen molar-refractivity contribution in [3.05, 3.63) is 29.3 Å². The van der Waals surface area contributed by atoms with Crippen molar-refractivity contribution in [2.24, 2.45) is 5.92 Å². The molecule has 0 saturated carbocycles. The Bertz CT molecular complexity index is 688. The lowest BCUT2D eigenvalue weighted by atomic mass is 9.96. The Hall–Kier alpha value is -1.40. The van der Waals surface area contributed by atoms with E-state index in [2.05, 4.69) is 0 Å². The van der Waals surface area contributed by atoms with E-state index in [9.17, 15) is 13.2 Å². The van der Waals surface area contributed by atoms with E-state index in [4.69, 9.17) is 0 Å². The van der Waals surface area contributed by atoms with Crippen LogP contribution in [0.15, 0.2) is 23.1 Å². The van der Waals surface area contributed by atoms with Gasteiger partial charge in [-0.05, 0) is 52.2 Å². The summed E-state index contributed by atoms with van der Waals surface area (Å²) in [6, 6.07) is 5.41. The highest BCUT2D eigenvalue weighted by Gasteiger charge is 2.33. The first-order chi connectivity index (χ1) is 11.3. The highest BCUT2D eigenvalue weighted by molar-refractivity contribution is 7.89. The highest BCUT2D eigenvalue weighted by Crippen LogP contribution is 2.27. The summed E-state index contributed by atoms with van der Waals surface area (Å²) in [5, 5.41) is 0. The third kappa shape index (κ3) is 3.81. The van der Waals surface area contributed by atoms with Gasteiger partial charge in [0.05, 0.1) is 4.90 Å². The van der Waals surface area contributed by atoms with Gasteiger partial charge in [0, 0.05) is 32.1 Å². The molecule has 1 aliphatic rings. The fraction of sp³-hybridized carbons (Fsp3) is 0.611. The second kappa shape index (κ2) is 7.66. The van der Waals surface area contributed by atoms with E-state index in [1.54, 1.807) is 6.07 Å². The number of rotatable bonds is 5. The number of nitrogens with zero attached hydrogens (tertiary/aromatic N) is 2. The van der Waals surface area contributed by atoms with Crippen LogP contribution in [0.1, 0.15) is 37.8 Å². The molecule has 0 bridgehead atoms. The quantitative estimate of drug-likeness (QED) is 0.818. The molecule has 0 spiro atoms. The van der Waals surface area contributed by atoms with Crippen LogP contribution in [0.25, 0.3) is 0 Å². The zero-order valence-electron chi connectivity index (χ0n) is 15.1. The normalized spacial score (nSPS) is 17.0. The number of carbonyl (C=O) groups excluding carboxylic acids is 1. The van der Waals surface area contributed by atoms with E-state index < -0.39 is 10.0 Å². The summed E-state index contributed by atoms with van der Waals surface area (Å²) in [5.41, 5.74) is 1.83. The fourth-order valence-electron chi connectivity index (χ4n) is 3.36. The average Bonchev–Trinajstić information content (AvgIpc) is 2.55. The molecule has 1 saturated heterocycles. The van der Waals surface area contributed by atoms with E-state index in [-0.39, 0.29) is 11.8 Å². The summed E-state index contributed by atoms with van der Waals surface area (Å²) in [4.78, 5) is 14.6. The lowest BCUT2D eigenvalue weighted by Crippen LogP contribution is -2.44. The van der Waals surface area contributed by atoms with Crippen LogP contribution in [0.4, 0.5) is 0 Å². The van der Waals surface area contributed by atoms with Gasteiger partial charge >= 0.3 is 0 Å². The maximum atomic E-state index is 12.9. The van der Waals surface area contributed by atoms with Gasteiger partial charge < -0.3 is 4.90 Å². The molecular weight excluding hydrogens is 324 g/mol. The van der Waals surface area contributed by atoms with Crippen molar-refractivity contribution in [1.29, 1.82) is 0 Å². The highest BCUT2D eigenvalue weighted by atomic mass is 32.2. The summed E-state index contributed by atoms with van der Waals surface area (Å²) >= 11 is 0. The SMILES string of the molecule is CCN(CC)C(=O)C1CCN(S(=O)(=O)c2ccc(C)cc2C)CC1. The van der Waals surface area contributed by atoms with Crippen LogP contribution in [-0.2, 0) is 14.8 Å². The van der Waals surface area contributed by atoms with Crippen LogP contribution in [0.2, 0.25) is 0 Å². The van der Waals surface area contributed by atoms with Crippen molar-refractivity contribution in [2.75, 3.05) is 26.2 Å². The Morgan fingerprint density at radius 3 is 2.25 bits per heavy atom. The Balaban J connectivity index is 2.10. The molecule has 0 radical (unpaired) electrons. The van der Waals surface area contributed by atoms with Crippen molar-refractivity contribution in [3.63, 3.8) is 0 Å². The van der Waals surface area contributed by atoms with Crippen LogP contribution in [0, 0.1) is 19.8 Å². The molecule has 134 valence electrons. The van der Waals surface area contributed by atoms with Gasteiger partial charge in [0.1, 0.15) is 0 Å². The predicted octanol–water partition coefficient (Wildman–Crippen LogP) is 2.57. The number of hydrogen-bond donors (Lipinski definition) is 0. The molecule has 1 amide bonds. The van der Waals surface area contributed by atoms with E-state index in [0.29, 0.717) is 43.9 Å². The number of aryl methyl sites for hydroxylation is 2. The molecular formula is C18H28N2O3S. The summed E-state index contributed by atoms with van der Waals surface area (Å²) in [6.45, 7) is 9.96. The molecule has 6 heteroatoms. The van der Waals surface area contributed by atoms with Crippen LogP contribution in [0.3, 0.4) is 0 Å². The van der Waals surface area contributed by atoms with E-state index in [1.807, 2.05) is 44.7 Å². The minimum Gasteiger partial charge on any atom is -0.343 e. The smallest absolute Gasteiger partial charge is 0.243 e. The third-order valence-corrected chi connectivity index (χ3v) is 6.89. The number of benzene rings is 1. The number of amides is 1. The van der Waals surface area contributed by atoms with Gasteiger partial charge in [0.25, 0.3) is 0 Å². The second-order valence-electron chi connectivity index (χ2n) is 6.46. The van der Waals surface area contributed by atoms with Gasteiger partial charge in [0.15, 0.2) is 0 Å². The minimum atomic E-state index is -3.48. The summed E-state index contributed by atoms with van der Waals surface area (Å²) in [5.74, 6) is 0.0963. The minimum absolute atomic E-state index is 0.0598. The van der Waals surface area contributed by atoms with Gasteiger partial charge in [-0.25, -0.2) is 8.42 Å². The number of hydrogen-bond acceptors (Lipinski definition) is 3. The third-order valence-electron chi connectivity index (χ3n) is 4.83. The first-order valence-electron chi connectivity index (χ1n) is 8.67. The number of carbonyl (C=O) groups is 1.